The van der Waals surface area contributed by atoms with Crippen LogP contribution in [0.4, 0.5) is 9.80 Å². The van der Waals surface area contributed by atoms with E-state index in [-0.39, 0.29) is 12.2 Å². The molecule has 1 aliphatic heterocycles. The van der Waals surface area contributed by atoms with E-state index in [1.165, 1.54) is 19.3 Å². The Labute approximate surface area is 128 Å². The fraction of sp³-hybridized carbons (Fsp3) is 0.500. The summed E-state index contributed by atoms with van der Waals surface area (Å²) in [6, 6.07) is 4.02. The maximum absolute atomic E-state index is 12.0. The van der Waals surface area contributed by atoms with Gasteiger partial charge < -0.3 is 4.74 Å². The Hall–Kier alpha value is -1.62. The molecule has 1 atom stereocenters. The number of pyridine rings is 1. The number of nitrogens with zero attached hydrogens (tertiary/aromatic N) is 2. The third kappa shape index (κ3) is 3.18. The molecule has 1 fully saturated rings. The number of rotatable bonds is 6. The lowest BCUT2D eigenvalue weighted by Gasteiger charge is -2.09. The quantitative estimate of drug-likeness (QED) is 0.733. The normalized spacial score (nSPS) is 18.4. The molecule has 0 radical (unpaired) electrons. The van der Waals surface area contributed by atoms with Crippen molar-refractivity contribution in [3.63, 3.8) is 0 Å². The number of amides is 1. The number of thiophene rings is 1. The van der Waals surface area contributed by atoms with Gasteiger partial charge in [-0.3, -0.25) is 9.88 Å². The van der Waals surface area contributed by atoms with E-state index in [2.05, 4.69) is 11.9 Å². The largest absolute Gasteiger partial charge is 0.444 e. The number of hydrogen-bond acceptors (Lipinski definition) is 4. The highest BCUT2D eigenvalue weighted by atomic mass is 32.1. The van der Waals surface area contributed by atoms with Crippen LogP contribution in [0.1, 0.15) is 39.0 Å². The van der Waals surface area contributed by atoms with E-state index < -0.39 is 0 Å². The number of unbranched alkanes of at least 4 members (excludes halogenated alkanes) is 3. The SMILES string of the molecule is CCCCCCC1CN(c2cc3ccncc3s2)C(=O)O1. The number of ether oxygens (including phenoxy) is 1. The van der Waals surface area contributed by atoms with Crippen molar-refractivity contribution in [3.8, 4) is 0 Å². The maximum atomic E-state index is 12.0. The Balaban J connectivity index is 1.64. The summed E-state index contributed by atoms with van der Waals surface area (Å²) < 4.78 is 6.59. The molecule has 1 unspecified atom stereocenters. The fourth-order valence-electron chi connectivity index (χ4n) is 2.65. The van der Waals surface area contributed by atoms with Gasteiger partial charge in [0.15, 0.2) is 0 Å². The molecule has 0 N–H and O–H groups in total. The monoisotopic (exact) mass is 304 g/mol. The van der Waals surface area contributed by atoms with Crippen LogP contribution in [0, 0.1) is 0 Å². The summed E-state index contributed by atoms with van der Waals surface area (Å²) in [5.74, 6) is 0. The first-order chi connectivity index (χ1) is 10.3. The average Bonchev–Trinajstić information content (AvgIpc) is 3.06. The van der Waals surface area contributed by atoms with Gasteiger partial charge in [-0.15, -0.1) is 11.3 Å². The van der Waals surface area contributed by atoms with Gasteiger partial charge in [-0.2, -0.15) is 0 Å². The molecule has 3 heterocycles. The number of carbonyl (C=O) groups is 1. The lowest BCUT2D eigenvalue weighted by molar-refractivity contribution is 0.135. The average molecular weight is 304 g/mol. The molecule has 3 rings (SSSR count). The van der Waals surface area contributed by atoms with Gasteiger partial charge >= 0.3 is 6.09 Å². The van der Waals surface area contributed by atoms with E-state index in [0.717, 1.165) is 27.9 Å². The second-order valence-electron chi connectivity index (χ2n) is 5.46. The summed E-state index contributed by atoms with van der Waals surface area (Å²) in [4.78, 5) is 17.9. The standard InChI is InChI=1S/C16H20N2O2S/c1-2-3-4-5-6-13-11-18(16(19)20-13)15-9-12-7-8-17-10-14(12)21-15/h7-10,13H,2-6,11H2,1H3. The molecule has 0 saturated carbocycles. The molecule has 5 heteroatoms. The molecule has 0 aliphatic carbocycles. The van der Waals surface area contributed by atoms with Crippen molar-refractivity contribution in [2.75, 3.05) is 11.4 Å². The zero-order valence-corrected chi connectivity index (χ0v) is 13.1. The van der Waals surface area contributed by atoms with E-state index in [4.69, 9.17) is 4.74 Å². The Kier molecular flexibility index (Phi) is 4.39. The summed E-state index contributed by atoms with van der Waals surface area (Å²) in [5.41, 5.74) is 0. The first kappa shape index (κ1) is 14.3. The van der Waals surface area contributed by atoms with Crippen molar-refractivity contribution >= 4 is 32.5 Å². The molecule has 21 heavy (non-hydrogen) atoms. The van der Waals surface area contributed by atoms with Gasteiger partial charge in [0, 0.05) is 12.4 Å². The molecular weight excluding hydrogens is 284 g/mol. The summed E-state index contributed by atoms with van der Waals surface area (Å²) >= 11 is 1.59. The Morgan fingerprint density at radius 3 is 3.14 bits per heavy atom. The Morgan fingerprint density at radius 2 is 2.33 bits per heavy atom. The van der Waals surface area contributed by atoms with Gasteiger partial charge in [0.2, 0.25) is 0 Å². The van der Waals surface area contributed by atoms with Crippen LogP contribution in [0.2, 0.25) is 0 Å². The maximum Gasteiger partial charge on any atom is 0.415 e. The van der Waals surface area contributed by atoms with Gasteiger partial charge in [0.1, 0.15) is 11.1 Å². The molecule has 2 aromatic heterocycles. The van der Waals surface area contributed by atoms with E-state index in [1.54, 1.807) is 22.4 Å². The van der Waals surface area contributed by atoms with Crippen molar-refractivity contribution in [2.45, 2.75) is 45.1 Å². The summed E-state index contributed by atoms with van der Waals surface area (Å²) in [6.45, 7) is 2.87. The van der Waals surface area contributed by atoms with Crippen LogP contribution in [0.25, 0.3) is 10.1 Å². The smallest absolute Gasteiger partial charge is 0.415 e. The van der Waals surface area contributed by atoms with E-state index >= 15 is 0 Å². The zero-order valence-electron chi connectivity index (χ0n) is 12.2. The first-order valence-corrected chi connectivity index (χ1v) is 8.41. The highest BCUT2D eigenvalue weighted by Crippen LogP contribution is 2.34. The van der Waals surface area contributed by atoms with Crippen LogP contribution in [-0.4, -0.2) is 23.7 Å². The lowest BCUT2D eigenvalue weighted by Crippen LogP contribution is -2.23. The van der Waals surface area contributed by atoms with Crippen LogP contribution in [0.5, 0.6) is 0 Å². The second kappa shape index (κ2) is 6.43. The molecule has 1 aliphatic rings. The van der Waals surface area contributed by atoms with E-state index in [9.17, 15) is 4.79 Å². The van der Waals surface area contributed by atoms with Crippen LogP contribution >= 0.6 is 11.3 Å². The summed E-state index contributed by atoms with van der Waals surface area (Å²) in [7, 11) is 0. The molecular formula is C16H20N2O2S. The highest BCUT2D eigenvalue weighted by molar-refractivity contribution is 7.22. The van der Waals surface area contributed by atoms with Gasteiger partial charge in [0.25, 0.3) is 0 Å². The topological polar surface area (TPSA) is 42.4 Å². The van der Waals surface area contributed by atoms with Gasteiger partial charge in [0.05, 0.1) is 11.2 Å². The van der Waals surface area contributed by atoms with Crippen LogP contribution in [0.15, 0.2) is 24.5 Å². The minimum atomic E-state index is -0.213. The van der Waals surface area contributed by atoms with Crippen molar-refractivity contribution in [3.05, 3.63) is 24.5 Å². The summed E-state index contributed by atoms with van der Waals surface area (Å²) in [6.07, 6.45) is 9.25. The number of cyclic esters (lactones) is 1. The number of aromatic nitrogens is 1. The molecule has 0 spiro atoms. The molecule has 1 amide bonds. The third-order valence-corrected chi connectivity index (χ3v) is 4.94. The number of carbonyl (C=O) groups excluding carboxylic acids is 1. The second-order valence-corrected chi connectivity index (χ2v) is 6.53. The summed E-state index contributed by atoms with van der Waals surface area (Å²) in [5, 5.41) is 2.09. The lowest BCUT2D eigenvalue weighted by atomic mass is 10.1. The number of anilines is 1. The van der Waals surface area contributed by atoms with Crippen molar-refractivity contribution in [2.24, 2.45) is 0 Å². The first-order valence-electron chi connectivity index (χ1n) is 7.59. The van der Waals surface area contributed by atoms with Gasteiger partial charge in [-0.05, 0) is 30.4 Å². The minimum Gasteiger partial charge on any atom is -0.444 e. The molecule has 112 valence electrons. The zero-order chi connectivity index (χ0) is 14.7. The molecule has 2 aromatic rings. The minimum absolute atomic E-state index is 0.0395. The predicted molar refractivity (Wildman–Crippen MR) is 86.0 cm³/mol. The fourth-order valence-corrected chi connectivity index (χ4v) is 3.68. The molecule has 4 nitrogen and oxygen atoms in total. The molecule has 0 aromatic carbocycles. The van der Waals surface area contributed by atoms with Crippen molar-refractivity contribution < 1.29 is 9.53 Å². The van der Waals surface area contributed by atoms with Crippen LogP contribution in [-0.2, 0) is 4.74 Å². The van der Waals surface area contributed by atoms with E-state index in [0.29, 0.717) is 6.54 Å². The third-order valence-electron chi connectivity index (χ3n) is 3.83. The Bertz CT molecular complexity index is 593. The number of fused-ring (bicyclic) bond motifs is 1. The van der Waals surface area contributed by atoms with Gasteiger partial charge in [-0.1, -0.05) is 26.2 Å². The number of hydrogen-bond donors (Lipinski definition) is 0. The van der Waals surface area contributed by atoms with Crippen molar-refractivity contribution in [1.82, 2.24) is 4.98 Å². The van der Waals surface area contributed by atoms with Crippen LogP contribution < -0.4 is 4.90 Å². The highest BCUT2D eigenvalue weighted by Gasteiger charge is 2.32. The Morgan fingerprint density at radius 1 is 1.43 bits per heavy atom. The molecule has 1 saturated heterocycles. The predicted octanol–water partition coefficient (Wildman–Crippen LogP) is 4.59. The van der Waals surface area contributed by atoms with Crippen molar-refractivity contribution in [1.29, 1.82) is 0 Å². The molecule has 0 bridgehead atoms. The van der Waals surface area contributed by atoms with Gasteiger partial charge in [-0.25, -0.2) is 4.79 Å². The van der Waals surface area contributed by atoms with Crippen LogP contribution in [0.3, 0.4) is 0 Å². The van der Waals surface area contributed by atoms with E-state index in [1.807, 2.05) is 18.3 Å².